The van der Waals surface area contributed by atoms with E-state index in [1.807, 2.05) is 18.3 Å². The number of hydrogen-bond donors (Lipinski definition) is 2. The molecule has 0 saturated carbocycles. The van der Waals surface area contributed by atoms with Gasteiger partial charge in [0.15, 0.2) is 0 Å². The average Bonchev–Trinajstić information content (AvgIpc) is 2.40. The summed E-state index contributed by atoms with van der Waals surface area (Å²) in [6.45, 7) is 1.17. The summed E-state index contributed by atoms with van der Waals surface area (Å²) in [6, 6.07) is 5.83. The molecular weight excluding hydrogens is 214 g/mol. The van der Waals surface area contributed by atoms with Crippen LogP contribution < -0.4 is 11.1 Å². The van der Waals surface area contributed by atoms with Gasteiger partial charge in [0.2, 0.25) is 0 Å². The molecule has 0 aliphatic rings. The number of rotatable bonds is 5. The lowest BCUT2D eigenvalue weighted by molar-refractivity contribution is 0.900. The molecule has 88 valence electrons. The minimum absolute atomic E-state index is 0.359. The lowest BCUT2D eigenvalue weighted by Crippen LogP contribution is -2.09. The third-order valence-corrected chi connectivity index (χ3v) is 2.33. The second kappa shape index (κ2) is 5.91. The van der Waals surface area contributed by atoms with Crippen molar-refractivity contribution in [1.29, 1.82) is 0 Å². The summed E-state index contributed by atoms with van der Waals surface area (Å²) in [5.41, 5.74) is 6.68. The second-order valence-corrected chi connectivity index (χ2v) is 3.60. The van der Waals surface area contributed by atoms with Gasteiger partial charge >= 0.3 is 0 Å². The van der Waals surface area contributed by atoms with Crippen molar-refractivity contribution in [2.75, 3.05) is 11.9 Å². The van der Waals surface area contributed by atoms with E-state index in [1.165, 1.54) is 5.56 Å². The van der Waals surface area contributed by atoms with Gasteiger partial charge in [0.1, 0.15) is 11.6 Å². The van der Waals surface area contributed by atoms with E-state index in [9.17, 15) is 0 Å². The highest BCUT2D eigenvalue weighted by Gasteiger charge is 1.97. The Balaban J connectivity index is 1.86. The first kappa shape index (κ1) is 11.5. The molecule has 0 aliphatic carbocycles. The zero-order valence-electron chi connectivity index (χ0n) is 9.50. The van der Waals surface area contributed by atoms with E-state index in [0.29, 0.717) is 12.4 Å². The van der Waals surface area contributed by atoms with Gasteiger partial charge in [0.25, 0.3) is 0 Å². The molecule has 0 amide bonds. The molecule has 0 fully saturated rings. The predicted octanol–water partition coefficient (Wildman–Crippen LogP) is 0.985. The summed E-state index contributed by atoms with van der Waals surface area (Å²) in [5, 5.41) is 3.23. The molecule has 5 nitrogen and oxygen atoms in total. The number of nitrogens with one attached hydrogen (secondary N) is 1. The Labute approximate surface area is 100 Å². The van der Waals surface area contributed by atoms with E-state index in [2.05, 4.69) is 26.3 Å². The molecule has 0 aromatic carbocycles. The molecule has 5 heteroatoms. The third-order valence-electron chi connectivity index (χ3n) is 2.33. The lowest BCUT2D eigenvalue weighted by atomic mass is 10.2. The molecule has 3 N–H and O–H groups in total. The largest absolute Gasteiger partial charge is 0.370 e. The zero-order chi connectivity index (χ0) is 11.9. The summed E-state index contributed by atoms with van der Waals surface area (Å²) < 4.78 is 0. The summed E-state index contributed by atoms with van der Waals surface area (Å²) in [4.78, 5) is 12.4. The van der Waals surface area contributed by atoms with Crippen LogP contribution in [0.5, 0.6) is 0 Å². The summed E-state index contributed by atoms with van der Waals surface area (Å²) in [5.74, 6) is 1.46. The summed E-state index contributed by atoms with van der Waals surface area (Å²) in [7, 11) is 0. The predicted molar refractivity (Wildman–Crippen MR) is 66.4 cm³/mol. The van der Waals surface area contributed by atoms with E-state index in [4.69, 9.17) is 5.73 Å². The molecule has 0 unspecified atom stereocenters. The Bertz CT molecular complexity index is 457. The molecule has 2 aromatic heterocycles. The van der Waals surface area contributed by atoms with Gasteiger partial charge in [0.05, 0.1) is 6.54 Å². The summed E-state index contributed by atoms with van der Waals surface area (Å²) in [6.07, 6.45) is 6.26. The standard InChI is InChI=1S/C12H15N5/c13-8-12-16-7-4-11(17-12)15-6-3-10-2-1-5-14-9-10/h1-2,4-5,7,9H,3,6,8,13H2,(H,15,16,17). The average molecular weight is 229 g/mol. The van der Waals surface area contributed by atoms with E-state index in [1.54, 1.807) is 12.4 Å². The van der Waals surface area contributed by atoms with E-state index < -0.39 is 0 Å². The van der Waals surface area contributed by atoms with Crippen LogP contribution in [0.15, 0.2) is 36.8 Å². The van der Waals surface area contributed by atoms with Crippen LogP contribution in [-0.2, 0) is 13.0 Å². The van der Waals surface area contributed by atoms with Crippen LogP contribution in [0.25, 0.3) is 0 Å². The Morgan fingerprint density at radius 1 is 1.24 bits per heavy atom. The molecular formula is C12H15N5. The molecule has 17 heavy (non-hydrogen) atoms. The maximum Gasteiger partial charge on any atom is 0.144 e. The maximum absolute atomic E-state index is 5.48. The molecule has 0 radical (unpaired) electrons. The van der Waals surface area contributed by atoms with Crippen molar-refractivity contribution >= 4 is 5.82 Å². The van der Waals surface area contributed by atoms with Crippen molar-refractivity contribution in [2.24, 2.45) is 5.73 Å². The Kier molecular flexibility index (Phi) is 3.99. The second-order valence-electron chi connectivity index (χ2n) is 3.60. The minimum Gasteiger partial charge on any atom is -0.370 e. The highest BCUT2D eigenvalue weighted by atomic mass is 15.0. The molecule has 2 rings (SSSR count). The van der Waals surface area contributed by atoms with E-state index in [0.717, 1.165) is 18.8 Å². The fourth-order valence-electron chi connectivity index (χ4n) is 1.48. The quantitative estimate of drug-likeness (QED) is 0.799. The van der Waals surface area contributed by atoms with Gasteiger partial charge < -0.3 is 11.1 Å². The van der Waals surface area contributed by atoms with Crippen LogP contribution in [0.1, 0.15) is 11.4 Å². The fraction of sp³-hybridized carbons (Fsp3) is 0.250. The van der Waals surface area contributed by atoms with Gasteiger partial charge in [-0.1, -0.05) is 6.07 Å². The van der Waals surface area contributed by atoms with Crippen LogP contribution in [0, 0.1) is 0 Å². The van der Waals surface area contributed by atoms with Gasteiger partial charge in [-0.15, -0.1) is 0 Å². The summed E-state index contributed by atoms with van der Waals surface area (Å²) >= 11 is 0. The molecule has 0 spiro atoms. The smallest absolute Gasteiger partial charge is 0.144 e. The molecule has 2 heterocycles. The molecule has 0 atom stereocenters. The van der Waals surface area contributed by atoms with Gasteiger partial charge in [-0.05, 0) is 24.1 Å². The Morgan fingerprint density at radius 3 is 2.94 bits per heavy atom. The monoisotopic (exact) mass is 229 g/mol. The van der Waals surface area contributed by atoms with Crippen molar-refractivity contribution < 1.29 is 0 Å². The van der Waals surface area contributed by atoms with Gasteiger partial charge in [-0.3, -0.25) is 4.98 Å². The fourth-order valence-corrected chi connectivity index (χ4v) is 1.48. The van der Waals surface area contributed by atoms with Crippen molar-refractivity contribution in [3.8, 4) is 0 Å². The first-order valence-electron chi connectivity index (χ1n) is 5.53. The first-order chi connectivity index (χ1) is 8.38. The van der Waals surface area contributed by atoms with Crippen LogP contribution in [-0.4, -0.2) is 21.5 Å². The van der Waals surface area contributed by atoms with Crippen molar-refractivity contribution in [1.82, 2.24) is 15.0 Å². The Morgan fingerprint density at radius 2 is 2.18 bits per heavy atom. The van der Waals surface area contributed by atoms with Gasteiger partial charge in [-0.2, -0.15) is 0 Å². The van der Waals surface area contributed by atoms with Crippen molar-refractivity contribution in [3.63, 3.8) is 0 Å². The van der Waals surface area contributed by atoms with Crippen molar-refractivity contribution in [3.05, 3.63) is 48.2 Å². The normalized spacial score (nSPS) is 10.2. The van der Waals surface area contributed by atoms with Crippen molar-refractivity contribution in [2.45, 2.75) is 13.0 Å². The number of pyridine rings is 1. The number of aromatic nitrogens is 3. The van der Waals surface area contributed by atoms with Gasteiger partial charge in [-0.25, -0.2) is 9.97 Å². The first-order valence-corrected chi connectivity index (χ1v) is 5.53. The van der Waals surface area contributed by atoms with Crippen LogP contribution in [0.4, 0.5) is 5.82 Å². The molecule has 0 aliphatic heterocycles. The topological polar surface area (TPSA) is 76.7 Å². The highest BCUT2D eigenvalue weighted by Crippen LogP contribution is 2.03. The maximum atomic E-state index is 5.48. The zero-order valence-corrected chi connectivity index (χ0v) is 9.50. The van der Waals surface area contributed by atoms with Gasteiger partial charge in [0, 0.05) is 25.1 Å². The van der Waals surface area contributed by atoms with Crippen LogP contribution >= 0.6 is 0 Å². The molecule has 0 saturated heterocycles. The third kappa shape index (κ3) is 3.49. The lowest BCUT2D eigenvalue weighted by Gasteiger charge is -2.06. The van der Waals surface area contributed by atoms with Crippen LogP contribution in [0.2, 0.25) is 0 Å². The number of nitrogens with zero attached hydrogens (tertiary/aromatic N) is 3. The number of nitrogens with two attached hydrogens (primary N) is 1. The van der Waals surface area contributed by atoms with Crippen LogP contribution in [0.3, 0.4) is 0 Å². The highest BCUT2D eigenvalue weighted by molar-refractivity contribution is 5.33. The number of hydrogen-bond acceptors (Lipinski definition) is 5. The SMILES string of the molecule is NCc1nccc(NCCc2cccnc2)n1. The molecule has 0 bridgehead atoms. The molecule has 2 aromatic rings. The van der Waals surface area contributed by atoms with E-state index in [-0.39, 0.29) is 0 Å². The number of anilines is 1. The Hall–Kier alpha value is -2.01. The minimum atomic E-state index is 0.359. The van der Waals surface area contributed by atoms with E-state index >= 15 is 0 Å².